The summed E-state index contributed by atoms with van der Waals surface area (Å²) >= 11 is 0.898. The highest BCUT2D eigenvalue weighted by molar-refractivity contribution is 8.18. The second kappa shape index (κ2) is 7.97. The van der Waals surface area contributed by atoms with Gasteiger partial charge in [0.2, 0.25) is 0 Å². The van der Waals surface area contributed by atoms with Crippen LogP contribution in [-0.2, 0) is 11.2 Å². The van der Waals surface area contributed by atoms with E-state index in [1.165, 1.54) is 22.6 Å². The molecule has 3 rings (SSSR count). The number of aryl methyl sites for hydroxylation is 1. The van der Waals surface area contributed by atoms with Crippen LogP contribution in [0.2, 0.25) is 0 Å². The largest absolute Gasteiger partial charge is 0.293 e. The van der Waals surface area contributed by atoms with Crippen LogP contribution >= 0.6 is 11.8 Å². The van der Waals surface area contributed by atoms with Crippen molar-refractivity contribution in [1.82, 2.24) is 4.90 Å². The second-order valence-corrected chi connectivity index (χ2v) is 6.76. The summed E-state index contributed by atoms with van der Waals surface area (Å²) in [6.45, 7) is 0.372. The highest BCUT2D eigenvalue weighted by atomic mass is 32.2. The number of benzene rings is 2. The number of thioether (sulfide) groups is 1. The van der Waals surface area contributed by atoms with Gasteiger partial charge in [0.1, 0.15) is 0 Å². The molecule has 0 atom stereocenters. The average molecular weight is 368 g/mol. The summed E-state index contributed by atoms with van der Waals surface area (Å²) in [5.74, 6) is -0.314. The molecule has 26 heavy (non-hydrogen) atoms. The molecule has 0 unspecified atom stereocenters. The number of imide groups is 1. The lowest BCUT2D eigenvalue weighted by molar-refractivity contribution is -0.384. The minimum Gasteiger partial charge on any atom is -0.268 e. The molecule has 0 spiro atoms. The minimum absolute atomic E-state index is 0.0174. The fourth-order valence-corrected chi connectivity index (χ4v) is 3.49. The average Bonchev–Trinajstić information content (AvgIpc) is 2.90. The number of amides is 2. The SMILES string of the molecule is O=C1S/C(=C/c2ccc([N+](=O)[O-])cc2)C(=O)N1CCCc1ccccc1. The van der Waals surface area contributed by atoms with Gasteiger partial charge in [-0.25, -0.2) is 0 Å². The summed E-state index contributed by atoms with van der Waals surface area (Å²) in [6.07, 6.45) is 3.09. The van der Waals surface area contributed by atoms with Crippen molar-refractivity contribution in [2.45, 2.75) is 12.8 Å². The van der Waals surface area contributed by atoms with Crippen molar-refractivity contribution in [1.29, 1.82) is 0 Å². The van der Waals surface area contributed by atoms with Gasteiger partial charge in [0.05, 0.1) is 9.83 Å². The van der Waals surface area contributed by atoms with E-state index in [9.17, 15) is 19.7 Å². The molecule has 1 fully saturated rings. The lowest BCUT2D eigenvalue weighted by Gasteiger charge is -2.12. The van der Waals surface area contributed by atoms with Crippen LogP contribution in [0.15, 0.2) is 59.5 Å². The zero-order valence-electron chi connectivity index (χ0n) is 13.8. The van der Waals surface area contributed by atoms with Crippen LogP contribution in [0.5, 0.6) is 0 Å². The molecule has 0 aromatic heterocycles. The van der Waals surface area contributed by atoms with E-state index >= 15 is 0 Å². The molecule has 2 aromatic rings. The zero-order chi connectivity index (χ0) is 18.5. The van der Waals surface area contributed by atoms with E-state index in [-0.39, 0.29) is 16.8 Å². The van der Waals surface area contributed by atoms with E-state index in [0.29, 0.717) is 23.4 Å². The summed E-state index contributed by atoms with van der Waals surface area (Å²) in [5, 5.41) is 10.4. The van der Waals surface area contributed by atoms with Crippen LogP contribution in [0.4, 0.5) is 10.5 Å². The second-order valence-electron chi connectivity index (χ2n) is 5.77. The lowest BCUT2D eigenvalue weighted by atomic mass is 10.1. The Morgan fingerprint density at radius 2 is 1.73 bits per heavy atom. The van der Waals surface area contributed by atoms with Crippen molar-refractivity contribution in [3.63, 3.8) is 0 Å². The van der Waals surface area contributed by atoms with Gasteiger partial charge in [0.25, 0.3) is 16.8 Å². The Morgan fingerprint density at radius 3 is 2.38 bits per heavy atom. The first kappa shape index (κ1) is 17.9. The standard InChI is InChI=1S/C19H16N2O4S/c22-18-17(13-15-8-10-16(11-9-15)21(24)25)26-19(23)20(18)12-4-7-14-5-2-1-3-6-14/h1-3,5-6,8-11,13H,4,7,12H2/b17-13+. The molecule has 132 valence electrons. The number of nitro groups is 1. The van der Waals surface area contributed by atoms with Gasteiger partial charge in [-0.3, -0.25) is 24.6 Å². The zero-order valence-corrected chi connectivity index (χ0v) is 14.6. The molecular formula is C19H16N2O4S. The van der Waals surface area contributed by atoms with Crippen LogP contribution in [0.1, 0.15) is 17.5 Å². The number of non-ortho nitro benzene ring substituents is 1. The normalized spacial score (nSPS) is 15.7. The van der Waals surface area contributed by atoms with Gasteiger partial charge in [0, 0.05) is 18.7 Å². The number of carbonyl (C=O) groups excluding carboxylic acids is 2. The lowest BCUT2D eigenvalue weighted by Crippen LogP contribution is -2.29. The molecular weight excluding hydrogens is 352 g/mol. The highest BCUT2D eigenvalue weighted by Gasteiger charge is 2.34. The summed E-state index contributed by atoms with van der Waals surface area (Å²) in [6, 6.07) is 15.8. The van der Waals surface area contributed by atoms with Gasteiger partial charge >= 0.3 is 0 Å². The Hall–Kier alpha value is -2.93. The van der Waals surface area contributed by atoms with Crippen LogP contribution in [0.3, 0.4) is 0 Å². The number of hydrogen-bond acceptors (Lipinski definition) is 5. The summed E-state index contributed by atoms with van der Waals surface area (Å²) in [4.78, 5) is 36.3. The quantitative estimate of drug-likeness (QED) is 0.432. The molecule has 2 aromatic carbocycles. The first-order chi connectivity index (χ1) is 12.5. The maximum atomic E-state index is 12.4. The van der Waals surface area contributed by atoms with Crippen molar-refractivity contribution in [3.8, 4) is 0 Å². The van der Waals surface area contributed by atoms with Crippen molar-refractivity contribution >= 4 is 34.7 Å². The molecule has 0 bridgehead atoms. The van der Waals surface area contributed by atoms with E-state index in [4.69, 9.17) is 0 Å². The van der Waals surface area contributed by atoms with Gasteiger partial charge in [-0.2, -0.15) is 0 Å². The molecule has 0 N–H and O–H groups in total. The van der Waals surface area contributed by atoms with Gasteiger partial charge in [-0.05, 0) is 53.9 Å². The Kier molecular flexibility index (Phi) is 5.48. The molecule has 0 radical (unpaired) electrons. The monoisotopic (exact) mass is 368 g/mol. The van der Waals surface area contributed by atoms with E-state index in [0.717, 1.165) is 18.2 Å². The van der Waals surface area contributed by atoms with Crippen LogP contribution < -0.4 is 0 Å². The van der Waals surface area contributed by atoms with Gasteiger partial charge in [-0.1, -0.05) is 30.3 Å². The number of nitro benzene ring substituents is 1. The molecule has 6 nitrogen and oxygen atoms in total. The third kappa shape index (κ3) is 4.18. The Bertz CT molecular complexity index is 863. The summed E-state index contributed by atoms with van der Waals surface area (Å²) in [7, 11) is 0. The van der Waals surface area contributed by atoms with Crippen molar-refractivity contribution < 1.29 is 14.5 Å². The Morgan fingerprint density at radius 1 is 1.04 bits per heavy atom. The predicted molar refractivity (Wildman–Crippen MR) is 101 cm³/mol. The summed E-state index contributed by atoms with van der Waals surface area (Å²) in [5.41, 5.74) is 1.79. The molecule has 1 saturated heterocycles. The van der Waals surface area contributed by atoms with Gasteiger partial charge in [-0.15, -0.1) is 0 Å². The number of carbonyl (C=O) groups is 2. The number of nitrogens with zero attached hydrogens (tertiary/aromatic N) is 2. The van der Waals surface area contributed by atoms with E-state index in [1.54, 1.807) is 18.2 Å². The third-order valence-electron chi connectivity index (χ3n) is 3.97. The van der Waals surface area contributed by atoms with Crippen molar-refractivity contribution in [2.24, 2.45) is 0 Å². The van der Waals surface area contributed by atoms with Gasteiger partial charge < -0.3 is 0 Å². The Balaban J connectivity index is 1.63. The smallest absolute Gasteiger partial charge is 0.268 e. The molecule has 2 amide bonds. The molecule has 0 saturated carbocycles. The fraction of sp³-hybridized carbons (Fsp3) is 0.158. The van der Waals surface area contributed by atoms with Crippen LogP contribution in [0, 0.1) is 10.1 Å². The van der Waals surface area contributed by atoms with E-state index in [2.05, 4.69) is 0 Å². The maximum absolute atomic E-state index is 12.4. The Labute approximate surface area is 154 Å². The van der Waals surface area contributed by atoms with Crippen LogP contribution in [0.25, 0.3) is 6.08 Å². The molecule has 7 heteroatoms. The summed E-state index contributed by atoms with van der Waals surface area (Å²) < 4.78 is 0. The highest BCUT2D eigenvalue weighted by Crippen LogP contribution is 2.32. The molecule has 1 aliphatic heterocycles. The van der Waals surface area contributed by atoms with Crippen molar-refractivity contribution in [2.75, 3.05) is 6.54 Å². The number of rotatable bonds is 6. The van der Waals surface area contributed by atoms with Gasteiger partial charge in [0.15, 0.2) is 0 Å². The predicted octanol–water partition coefficient (Wildman–Crippen LogP) is 4.26. The first-order valence-electron chi connectivity index (χ1n) is 8.08. The molecule has 0 aliphatic carbocycles. The van der Waals surface area contributed by atoms with E-state index < -0.39 is 4.92 Å². The topological polar surface area (TPSA) is 80.5 Å². The first-order valence-corrected chi connectivity index (χ1v) is 8.90. The fourth-order valence-electron chi connectivity index (χ4n) is 2.62. The molecule has 1 heterocycles. The van der Waals surface area contributed by atoms with E-state index in [1.807, 2.05) is 30.3 Å². The minimum atomic E-state index is -0.482. The maximum Gasteiger partial charge on any atom is 0.293 e. The van der Waals surface area contributed by atoms with Crippen molar-refractivity contribution in [3.05, 3.63) is 80.7 Å². The van der Waals surface area contributed by atoms with Crippen LogP contribution in [-0.4, -0.2) is 27.5 Å². The molecule has 1 aliphatic rings. The third-order valence-corrected chi connectivity index (χ3v) is 4.87. The number of hydrogen-bond donors (Lipinski definition) is 0.